The molecule has 0 fully saturated rings. The van der Waals surface area contributed by atoms with Crippen LogP contribution in [-0.4, -0.2) is 64.7 Å². The predicted octanol–water partition coefficient (Wildman–Crippen LogP) is 0.981. The second kappa shape index (κ2) is 12.9. The highest BCUT2D eigenvalue weighted by molar-refractivity contribution is 5.79. The Kier molecular flexibility index (Phi) is 10.9. The third kappa shape index (κ3) is 8.54. The maximum absolute atomic E-state index is 9.55. The molecule has 0 saturated heterocycles. The zero-order valence-electron chi connectivity index (χ0n) is 14.1. The average Bonchev–Trinajstić information content (AvgIpc) is 2.60. The van der Waals surface area contributed by atoms with E-state index in [9.17, 15) is 5.11 Å². The minimum atomic E-state index is 0.0483. The number of hydrogen-bond donors (Lipinski definition) is 3. The smallest absolute Gasteiger partial charge is 0.191 e. The van der Waals surface area contributed by atoms with Gasteiger partial charge in [-0.15, -0.1) is 0 Å². The summed E-state index contributed by atoms with van der Waals surface area (Å²) in [4.78, 5) is 4.19. The van der Waals surface area contributed by atoms with E-state index in [2.05, 4.69) is 15.6 Å². The van der Waals surface area contributed by atoms with Gasteiger partial charge >= 0.3 is 0 Å². The van der Waals surface area contributed by atoms with Crippen molar-refractivity contribution < 1.29 is 14.6 Å². The van der Waals surface area contributed by atoms with E-state index in [1.165, 1.54) is 0 Å². The maximum Gasteiger partial charge on any atom is 0.191 e. The van der Waals surface area contributed by atoms with E-state index in [0.29, 0.717) is 26.4 Å². The van der Waals surface area contributed by atoms with Crippen LogP contribution >= 0.6 is 0 Å². The molecule has 1 rings (SSSR count). The van der Waals surface area contributed by atoms with Crippen molar-refractivity contribution >= 4 is 5.96 Å². The van der Waals surface area contributed by atoms with Crippen LogP contribution in [0.15, 0.2) is 35.3 Å². The number of nitrogens with one attached hydrogen (secondary N) is 2. The Balaban J connectivity index is 2.23. The molecule has 0 bridgehead atoms. The molecule has 0 radical (unpaired) electrons. The molecule has 6 nitrogen and oxygen atoms in total. The summed E-state index contributed by atoms with van der Waals surface area (Å²) >= 11 is 0. The number of aliphatic imine (C=N–C) groups is 1. The van der Waals surface area contributed by atoms with Crippen LogP contribution in [0.4, 0.5) is 0 Å². The first-order valence-corrected chi connectivity index (χ1v) is 7.98. The molecular weight excluding hydrogens is 294 g/mol. The molecule has 1 aromatic carbocycles. The Bertz CT molecular complexity index is 426. The number of guanidine groups is 1. The highest BCUT2D eigenvalue weighted by atomic mass is 16.5. The summed E-state index contributed by atoms with van der Waals surface area (Å²) in [5.41, 5.74) is 1.12. The molecule has 23 heavy (non-hydrogen) atoms. The van der Waals surface area contributed by atoms with E-state index in [4.69, 9.17) is 9.47 Å². The molecule has 0 amide bonds. The summed E-state index contributed by atoms with van der Waals surface area (Å²) in [7, 11) is 3.40. The Hall–Kier alpha value is -1.63. The molecule has 0 heterocycles. The SMILES string of the molecule is CN=C(NCCCOCCOC)NCC(CO)c1ccccc1. The molecule has 1 unspecified atom stereocenters. The molecular formula is C17H29N3O3. The number of rotatable bonds is 11. The summed E-state index contributed by atoms with van der Waals surface area (Å²) in [5, 5.41) is 16.0. The number of hydrogen-bond acceptors (Lipinski definition) is 4. The van der Waals surface area contributed by atoms with Crippen LogP contribution in [0.25, 0.3) is 0 Å². The van der Waals surface area contributed by atoms with Gasteiger partial charge in [-0.3, -0.25) is 4.99 Å². The molecule has 1 atom stereocenters. The van der Waals surface area contributed by atoms with E-state index in [1.54, 1.807) is 14.2 Å². The van der Waals surface area contributed by atoms with E-state index >= 15 is 0 Å². The molecule has 130 valence electrons. The normalized spacial score (nSPS) is 12.9. The van der Waals surface area contributed by atoms with Crippen LogP contribution in [0, 0.1) is 0 Å². The van der Waals surface area contributed by atoms with Gasteiger partial charge in [0.05, 0.1) is 19.8 Å². The van der Waals surface area contributed by atoms with Gasteiger partial charge in [-0.2, -0.15) is 0 Å². The zero-order valence-corrected chi connectivity index (χ0v) is 14.1. The fourth-order valence-electron chi connectivity index (χ4n) is 2.08. The Morgan fingerprint density at radius 2 is 1.96 bits per heavy atom. The Morgan fingerprint density at radius 1 is 1.17 bits per heavy atom. The van der Waals surface area contributed by atoms with Crippen LogP contribution in [0.1, 0.15) is 17.9 Å². The minimum Gasteiger partial charge on any atom is -0.396 e. The molecule has 0 spiro atoms. The van der Waals surface area contributed by atoms with Crippen molar-refractivity contribution in [3.05, 3.63) is 35.9 Å². The topological polar surface area (TPSA) is 75.1 Å². The van der Waals surface area contributed by atoms with Crippen LogP contribution < -0.4 is 10.6 Å². The first kappa shape index (κ1) is 19.4. The van der Waals surface area contributed by atoms with Crippen molar-refractivity contribution in [2.45, 2.75) is 12.3 Å². The van der Waals surface area contributed by atoms with Crippen LogP contribution in [0.3, 0.4) is 0 Å². The van der Waals surface area contributed by atoms with Gasteiger partial charge in [0.15, 0.2) is 5.96 Å². The van der Waals surface area contributed by atoms with Gasteiger partial charge in [0, 0.05) is 39.8 Å². The summed E-state index contributed by atoms with van der Waals surface area (Å²) in [6.45, 7) is 3.45. The van der Waals surface area contributed by atoms with E-state index < -0.39 is 0 Å². The lowest BCUT2D eigenvalue weighted by atomic mass is 10.0. The van der Waals surface area contributed by atoms with Crippen LogP contribution in [0.5, 0.6) is 0 Å². The summed E-state index contributed by atoms with van der Waals surface area (Å²) < 4.78 is 10.3. The standard InChI is InChI=1S/C17H29N3O3/c1-18-17(19-9-6-10-23-12-11-22-2)20-13-16(14-21)15-7-4-3-5-8-15/h3-5,7-8,16,21H,6,9-14H2,1-2H3,(H2,18,19,20). The third-order valence-corrected chi connectivity index (χ3v) is 3.42. The van der Waals surface area contributed by atoms with E-state index in [0.717, 1.165) is 24.5 Å². The van der Waals surface area contributed by atoms with Gasteiger partial charge < -0.3 is 25.2 Å². The van der Waals surface area contributed by atoms with Gasteiger partial charge in [-0.05, 0) is 12.0 Å². The number of aliphatic hydroxyl groups is 1. The summed E-state index contributed by atoms with van der Waals surface area (Å²) in [6, 6.07) is 9.98. The largest absolute Gasteiger partial charge is 0.396 e. The monoisotopic (exact) mass is 323 g/mol. The molecule has 1 aromatic rings. The minimum absolute atomic E-state index is 0.0483. The zero-order chi connectivity index (χ0) is 16.8. The van der Waals surface area contributed by atoms with Crippen LogP contribution in [-0.2, 0) is 9.47 Å². The van der Waals surface area contributed by atoms with Gasteiger partial charge in [0.25, 0.3) is 0 Å². The van der Waals surface area contributed by atoms with Gasteiger partial charge in [-0.25, -0.2) is 0 Å². The number of aliphatic hydroxyl groups excluding tert-OH is 1. The van der Waals surface area contributed by atoms with Gasteiger partial charge in [0.2, 0.25) is 0 Å². The fourth-order valence-corrected chi connectivity index (χ4v) is 2.08. The molecule has 0 aliphatic rings. The first-order chi connectivity index (χ1) is 11.3. The number of nitrogens with zero attached hydrogens (tertiary/aromatic N) is 1. The lowest BCUT2D eigenvalue weighted by molar-refractivity contribution is 0.0698. The quantitative estimate of drug-likeness (QED) is 0.322. The lowest BCUT2D eigenvalue weighted by Gasteiger charge is -2.18. The third-order valence-electron chi connectivity index (χ3n) is 3.42. The second-order valence-electron chi connectivity index (χ2n) is 5.13. The Morgan fingerprint density at radius 3 is 2.61 bits per heavy atom. The van der Waals surface area contributed by atoms with Crippen LogP contribution in [0.2, 0.25) is 0 Å². The molecule has 6 heteroatoms. The second-order valence-corrected chi connectivity index (χ2v) is 5.13. The number of ether oxygens (including phenoxy) is 2. The highest BCUT2D eigenvalue weighted by Crippen LogP contribution is 2.13. The number of benzene rings is 1. The van der Waals surface area contributed by atoms with E-state index in [-0.39, 0.29) is 12.5 Å². The maximum atomic E-state index is 9.55. The van der Waals surface area contributed by atoms with Crippen molar-refractivity contribution in [2.75, 3.05) is 53.7 Å². The Labute approximate surface area is 138 Å². The van der Waals surface area contributed by atoms with Crippen molar-refractivity contribution in [3.63, 3.8) is 0 Å². The van der Waals surface area contributed by atoms with E-state index in [1.807, 2.05) is 30.3 Å². The summed E-state index contributed by atoms with van der Waals surface area (Å²) in [6.07, 6.45) is 0.895. The highest BCUT2D eigenvalue weighted by Gasteiger charge is 2.10. The van der Waals surface area contributed by atoms with Gasteiger partial charge in [0.1, 0.15) is 0 Å². The average molecular weight is 323 g/mol. The van der Waals surface area contributed by atoms with Crippen molar-refractivity contribution in [3.8, 4) is 0 Å². The van der Waals surface area contributed by atoms with Crippen molar-refractivity contribution in [1.29, 1.82) is 0 Å². The molecule has 3 N–H and O–H groups in total. The van der Waals surface area contributed by atoms with Gasteiger partial charge in [-0.1, -0.05) is 30.3 Å². The number of methoxy groups -OCH3 is 1. The predicted molar refractivity (Wildman–Crippen MR) is 92.9 cm³/mol. The molecule has 0 aromatic heterocycles. The summed E-state index contributed by atoms with van der Waals surface area (Å²) in [5.74, 6) is 0.781. The molecule has 0 aliphatic carbocycles. The molecule has 0 aliphatic heterocycles. The molecule has 0 saturated carbocycles. The fraction of sp³-hybridized carbons (Fsp3) is 0.588. The van der Waals surface area contributed by atoms with Crippen molar-refractivity contribution in [1.82, 2.24) is 10.6 Å². The first-order valence-electron chi connectivity index (χ1n) is 7.98. The lowest BCUT2D eigenvalue weighted by Crippen LogP contribution is -2.40. The van der Waals surface area contributed by atoms with Crippen molar-refractivity contribution in [2.24, 2.45) is 4.99 Å².